The first-order chi connectivity index (χ1) is 26.5. The molecule has 1 aliphatic rings. The number of carbonyl (C=O) groups excluding carboxylic acids is 1. The number of allylic oxidation sites excluding steroid dienone is 1. The molecule has 55 heavy (non-hydrogen) atoms. The molecule has 12 nitrogen and oxygen atoms in total. The molecule has 1 saturated heterocycles. The lowest BCUT2D eigenvalue weighted by Gasteiger charge is -2.41. The van der Waals surface area contributed by atoms with E-state index in [0.29, 0.717) is 6.42 Å². The number of hydrogen-bond acceptors (Lipinski definition) is 10. The van der Waals surface area contributed by atoms with E-state index in [1.807, 2.05) is 6.08 Å². The number of rotatable bonds is 37. The first-order valence-electron chi connectivity index (χ1n) is 22.1. The summed E-state index contributed by atoms with van der Waals surface area (Å²) < 4.78 is 47.5. The van der Waals surface area contributed by atoms with Crippen molar-refractivity contribution in [1.29, 1.82) is 0 Å². The molecule has 7 atom stereocenters. The summed E-state index contributed by atoms with van der Waals surface area (Å²) in [5.41, 5.74) is 0. The van der Waals surface area contributed by atoms with Gasteiger partial charge in [-0.05, 0) is 19.3 Å². The third kappa shape index (κ3) is 27.2. The normalized spacial score (nSPS) is 21.6. The lowest BCUT2D eigenvalue weighted by atomic mass is 9.99. The minimum absolute atomic E-state index is 0.262. The molecule has 7 unspecified atom stereocenters. The Labute approximate surface area is 334 Å². The van der Waals surface area contributed by atoms with Crippen LogP contribution in [0, 0.1) is 0 Å². The molecule has 1 amide bonds. The predicted molar refractivity (Wildman–Crippen MR) is 218 cm³/mol. The fourth-order valence-corrected chi connectivity index (χ4v) is 7.61. The summed E-state index contributed by atoms with van der Waals surface area (Å²) in [6.07, 6.45) is 26.8. The molecule has 0 saturated carbocycles. The van der Waals surface area contributed by atoms with Crippen LogP contribution in [0.3, 0.4) is 0 Å². The van der Waals surface area contributed by atoms with Gasteiger partial charge in [0.05, 0.1) is 25.4 Å². The molecule has 1 rings (SSSR count). The molecule has 0 aliphatic carbocycles. The van der Waals surface area contributed by atoms with E-state index in [4.69, 9.17) is 14.0 Å². The molecular formula is C42H81NO11S. The van der Waals surface area contributed by atoms with Crippen LogP contribution in [0.5, 0.6) is 0 Å². The average molecular weight is 808 g/mol. The summed E-state index contributed by atoms with van der Waals surface area (Å²) in [6.45, 7) is 3.37. The Balaban J connectivity index is 2.52. The molecule has 326 valence electrons. The lowest BCUT2D eigenvalue weighted by molar-refractivity contribution is -0.298. The highest BCUT2D eigenvalue weighted by atomic mass is 32.3. The monoisotopic (exact) mass is 808 g/mol. The highest BCUT2D eigenvalue weighted by Crippen LogP contribution is 2.26. The summed E-state index contributed by atoms with van der Waals surface area (Å²) in [5.74, 6) is -0.262. The Morgan fingerprint density at radius 1 is 0.709 bits per heavy atom. The van der Waals surface area contributed by atoms with Gasteiger partial charge < -0.3 is 35.2 Å². The van der Waals surface area contributed by atoms with Crippen molar-refractivity contribution in [1.82, 2.24) is 5.32 Å². The zero-order valence-corrected chi connectivity index (χ0v) is 35.3. The topological polar surface area (TPSA) is 192 Å². The number of aliphatic hydroxyl groups excluding tert-OH is 4. The first-order valence-corrected chi connectivity index (χ1v) is 23.4. The molecule has 0 aromatic heterocycles. The number of ether oxygens (including phenoxy) is 2. The molecular weight excluding hydrogens is 727 g/mol. The standard InChI is InChI=1S/C42H81NO11S/c1-3-5-7-9-11-13-15-16-17-18-19-20-22-24-26-28-30-32-38(46)43-35(36(45)31-29-27-25-23-21-14-12-10-8-6-4-2)34-52-42-40(48)41(54-55(49,50)51)39(47)37(33-44)53-42/h29,31,35-37,39-42,44-45,47-48H,3-28,30,32-34H2,1-2H3,(H,43,46)(H,49,50,51)/b31-29+. The van der Waals surface area contributed by atoms with Crippen LogP contribution in [0.2, 0.25) is 0 Å². The van der Waals surface area contributed by atoms with Crippen LogP contribution >= 0.6 is 0 Å². The first kappa shape index (κ1) is 51.9. The molecule has 13 heteroatoms. The van der Waals surface area contributed by atoms with Crippen LogP contribution in [-0.2, 0) is 28.9 Å². The van der Waals surface area contributed by atoms with Crippen molar-refractivity contribution in [3.05, 3.63) is 12.2 Å². The zero-order valence-electron chi connectivity index (χ0n) is 34.5. The van der Waals surface area contributed by atoms with Crippen molar-refractivity contribution in [2.45, 2.75) is 236 Å². The molecule has 1 aliphatic heterocycles. The summed E-state index contributed by atoms with van der Waals surface area (Å²) >= 11 is 0. The van der Waals surface area contributed by atoms with Gasteiger partial charge in [0.1, 0.15) is 24.4 Å². The van der Waals surface area contributed by atoms with Gasteiger partial charge in [0.15, 0.2) is 6.29 Å². The Hall–Kier alpha value is -1.16. The molecule has 6 N–H and O–H groups in total. The zero-order chi connectivity index (χ0) is 40.6. The van der Waals surface area contributed by atoms with Gasteiger partial charge in [0.25, 0.3) is 0 Å². The summed E-state index contributed by atoms with van der Waals surface area (Å²) in [5, 5.41) is 44.6. The van der Waals surface area contributed by atoms with Gasteiger partial charge in [-0.25, -0.2) is 4.18 Å². The number of nitrogens with one attached hydrogen (secondary N) is 1. The third-order valence-corrected chi connectivity index (χ3v) is 11.0. The van der Waals surface area contributed by atoms with Crippen LogP contribution in [-0.4, -0.2) is 95.4 Å². The van der Waals surface area contributed by atoms with Gasteiger partial charge >= 0.3 is 10.4 Å². The molecule has 1 fully saturated rings. The minimum atomic E-state index is -5.08. The van der Waals surface area contributed by atoms with Gasteiger partial charge in [0.2, 0.25) is 5.91 Å². The van der Waals surface area contributed by atoms with Crippen molar-refractivity contribution >= 4 is 16.3 Å². The van der Waals surface area contributed by atoms with Crippen LogP contribution in [0.1, 0.15) is 194 Å². The average Bonchev–Trinajstić information content (AvgIpc) is 3.15. The maximum absolute atomic E-state index is 13.0. The van der Waals surface area contributed by atoms with Gasteiger partial charge in [-0.1, -0.05) is 180 Å². The Morgan fingerprint density at radius 3 is 1.58 bits per heavy atom. The molecule has 0 aromatic carbocycles. The van der Waals surface area contributed by atoms with E-state index in [-0.39, 0.29) is 18.9 Å². The van der Waals surface area contributed by atoms with Crippen LogP contribution in [0.4, 0.5) is 0 Å². The fraction of sp³-hybridized carbons (Fsp3) is 0.929. The third-order valence-electron chi connectivity index (χ3n) is 10.6. The largest absolute Gasteiger partial charge is 0.397 e. The number of unbranched alkanes of at least 4 members (excludes halogenated alkanes) is 25. The Morgan fingerprint density at radius 2 is 1.15 bits per heavy atom. The number of hydrogen-bond donors (Lipinski definition) is 6. The van der Waals surface area contributed by atoms with Crippen molar-refractivity contribution in [3.8, 4) is 0 Å². The number of amides is 1. The fourth-order valence-electron chi connectivity index (χ4n) is 7.10. The maximum Gasteiger partial charge on any atom is 0.397 e. The predicted octanol–water partition coefficient (Wildman–Crippen LogP) is 7.99. The highest BCUT2D eigenvalue weighted by molar-refractivity contribution is 7.80. The van der Waals surface area contributed by atoms with E-state index in [0.717, 1.165) is 38.5 Å². The quantitative estimate of drug-likeness (QED) is 0.0203. The summed E-state index contributed by atoms with van der Waals surface area (Å²) in [4.78, 5) is 13.0. The van der Waals surface area contributed by atoms with Crippen LogP contribution in [0.25, 0.3) is 0 Å². The van der Waals surface area contributed by atoms with E-state index in [1.54, 1.807) is 6.08 Å². The lowest BCUT2D eigenvalue weighted by Crippen LogP contribution is -2.61. The second-order valence-corrected chi connectivity index (χ2v) is 16.7. The highest BCUT2D eigenvalue weighted by Gasteiger charge is 2.48. The second kappa shape index (κ2) is 33.8. The van der Waals surface area contributed by atoms with E-state index in [1.165, 1.54) is 128 Å². The van der Waals surface area contributed by atoms with Crippen LogP contribution < -0.4 is 5.32 Å². The van der Waals surface area contributed by atoms with Gasteiger partial charge in [-0.15, -0.1) is 0 Å². The molecule has 0 radical (unpaired) electrons. The SMILES string of the molecule is CCCCCCCCCCC/C=C/C(O)C(COC1OC(CO)C(O)C(OS(=O)(=O)O)C1O)NC(=O)CCCCCCCCCCCCCCCCCCC. The molecule has 0 aromatic rings. The Kier molecular flexibility index (Phi) is 31.8. The molecule has 1 heterocycles. The smallest absolute Gasteiger partial charge is 0.394 e. The van der Waals surface area contributed by atoms with E-state index >= 15 is 0 Å². The number of carbonyl (C=O) groups is 1. The van der Waals surface area contributed by atoms with Crippen molar-refractivity contribution in [2.24, 2.45) is 0 Å². The maximum atomic E-state index is 13.0. The van der Waals surface area contributed by atoms with Gasteiger partial charge in [-0.2, -0.15) is 8.42 Å². The molecule has 0 spiro atoms. The van der Waals surface area contributed by atoms with Crippen LogP contribution in [0.15, 0.2) is 12.2 Å². The molecule has 0 bridgehead atoms. The van der Waals surface area contributed by atoms with Crippen molar-refractivity contribution in [3.63, 3.8) is 0 Å². The van der Waals surface area contributed by atoms with E-state index in [9.17, 15) is 33.6 Å². The van der Waals surface area contributed by atoms with E-state index < -0.39 is 59.9 Å². The van der Waals surface area contributed by atoms with Gasteiger partial charge in [-0.3, -0.25) is 9.35 Å². The second-order valence-electron chi connectivity index (χ2n) is 15.6. The number of aliphatic hydroxyl groups is 4. The Bertz CT molecular complexity index is 1050. The van der Waals surface area contributed by atoms with E-state index in [2.05, 4.69) is 23.3 Å². The van der Waals surface area contributed by atoms with Gasteiger partial charge in [0, 0.05) is 6.42 Å². The van der Waals surface area contributed by atoms with Crippen molar-refractivity contribution in [2.75, 3.05) is 13.2 Å². The summed E-state index contributed by atoms with van der Waals surface area (Å²) in [7, 11) is -5.08. The minimum Gasteiger partial charge on any atom is -0.394 e. The summed E-state index contributed by atoms with van der Waals surface area (Å²) in [6, 6.07) is -0.936. The van der Waals surface area contributed by atoms with Crippen molar-refractivity contribution < 1.29 is 51.8 Å².